The first-order valence-corrected chi connectivity index (χ1v) is 5.42. The molecule has 0 spiro atoms. The summed E-state index contributed by atoms with van der Waals surface area (Å²) in [5, 5.41) is 10.5. The van der Waals surface area contributed by atoms with E-state index >= 15 is 0 Å². The zero-order valence-electron chi connectivity index (χ0n) is 8.32. The van der Waals surface area contributed by atoms with Crippen LogP contribution in [0.25, 0.3) is 0 Å². The molecule has 78 valence electrons. The van der Waals surface area contributed by atoms with E-state index in [0.29, 0.717) is 18.3 Å². The quantitative estimate of drug-likeness (QED) is 0.819. The minimum Gasteiger partial charge on any atom is -0.492 e. The maximum atomic E-state index is 10.7. The molecule has 0 aliphatic rings. The third-order valence-electron chi connectivity index (χ3n) is 1.78. The Balaban J connectivity index is 2.50. The van der Waals surface area contributed by atoms with Gasteiger partial charge in [0, 0.05) is 0 Å². The third kappa shape index (κ3) is 3.03. The van der Waals surface area contributed by atoms with E-state index in [1.165, 1.54) is 11.3 Å². The fourth-order valence-corrected chi connectivity index (χ4v) is 1.64. The Kier molecular flexibility index (Phi) is 3.95. The van der Waals surface area contributed by atoms with Gasteiger partial charge in [-0.1, -0.05) is 13.8 Å². The number of ether oxygens (including phenoxy) is 1. The van der Waals surface area contributed by atoms with Crippen LogP contribution in [0.2, 0.25) is 0 Å². The van der Waals surface area contributed by atoms with E-state index in [-0.39, 0.29) is 4.88 Å². The van der Waals surface area contributed by atoms with E-state index in [1.807, 2.05) is 0 Å². The SMILES string of the molecule is CC(C)CCOc1ccsc1C(=O)O. The van der Waals surface area contributed by atoms with Gasteiger partial charge in [0.2, 0.25) is 0 Å². The first-order valence-electron chi connectivity index (χ1n) is 4.55. The lowest BCUT2D eigenvalue weighted by atomic mass is 10.1. The van der Waals surface area contributed by atoms with Crippen molar-refractivity contribution in [3.8, 4) is 5.75 Å². The van der Waals surface area contributed by atoms with Crippen LogP contribution in [0.4, 0.5) is 0 Å². The first-order chi connectivity index (χ1) is 6.61. The molecule has 1 aromatic heterocycles. The second-order valence-corrected chi connectivity index (χ2v) is 4.37. The fourth-order valence-electron chi connectivity index (χ4n) is 0.972. The van der Waals surface area contributed by atoms with Crippen molar-refractivity contribution in [2.24, 2.45) is 5.92 Å². The first kappa shape index (κ1) is 11.0. The van der Waals surface area contributed by atoms with E-state index < -0.39 is 5.97 Å². The number of thiophene rings is 1. The maximum Gasteiger partial charge on any atom is 0.349 e. The van der Waals surface area contributed by atoms with E-state index in [1.54, 1.807) is 11.4 Å². The van der Waals surface area contributed by atoms with Gasteiger partial charge in [-0.2, -0.15) is 0 Å². The molecule has 1 aromatic rings. The van der Waals surface area contributed by atoms with E-state index in [2.05, 4.69) is 13.8 Å². The molecule has 0 aromatic carbocycles. The summed E-state index contributed by atoms with van der Waals surface area (Å²) in [6.07, 6.45) is 0.939. The van der Waals surface area contributed by atoms with Gasteiger partial charge in [0.05, 0.1) is 6.61 Å². The van der Waals surface area contributed by atoms with Crippen LogP contribution in [0, 0.1) is 5.92 Å². The number of carboxylic acid groups (broad SMARTS) is 1. The Morgan fingerprint density at radius 3 is 2.93 bits per heavy atom. The Morgan fingerprint density at radius 2 is 2.36 bits per heavy atom. The topological polar surface area (TPSA) is 46.5 Å². The molecule has 1 rings (SSSR count). The number of hydrogen-bond acceptors (Lipinski definition) is 3. The van der Waals surface area contributed by atoms with Crippen LogP contribution >= 0.6 is 11.3 Å². The standard InChI is InChI=1S/C10H14O3S/c1-7(2)3-5-13-8-4-6-14-9(8)10(11)12/h4,6-7H,3,5H2,1-2H3,(H,11,12). The van der Waals surface area contributed by atoms with Gasteiger partial charge in [0.25, 0.3) is 0 Å². The van der Waals surface area contributed by atoms with Gasteiger partial charge in [-0.05, 0) is 23.8 Å². The Morgan fingerprint density at radius 1 is 1.64 bits per heavy atom. The van der Waals surface area contributed by atoms with E-state index in [9.17, 15) is 4.79 Å². The minimum absolute atomic E-state index is 0.286. The molecule has 0 atom stereocenters. The second kappa shape index (κ2) is 5.00. The van der Waals surface area contributed by atoms with Crippen LogP contribution in [0.5, 0.6) is 5.75 Å². The highest BCUT2D eigenvalue weighted by Crippen LogP contribution is 2.24. The average molecular weight is 214 g/mol. The molecule has 0 aliphatic carbocycles. The fraction of sp³-hybridized carbons (Fsp3) is 0.500. The third-order valence-corrected chi connectivity index (χ3v) is 2.66. The van der Waals surface area contributed by atoms with Crippen LogP contribution in [-0.4, -0.2) is 17.7 Å². The van der Waals surface area contributed by atoms with Crippen molar-refractivity contribution >= 4 is 17.3 Å². The molecule has 0 amide bonds. The highest BCUT2D eigenvalue weighted by molar-refractivity contribution is 7.12. The highest BCUT2D eigenvalue weighted by Gasteiger charge is 2.12. The second-order valence-electron chi connectivity index (χ2n) is 3.45. The zero-order chi connectivity index (χ0) is 10.6. The van der Waals surface area contributed by atoms with Gasteiger partial charge in [-0.25, -0.2) is 4.79 Å². The molecular formula is C10H14O3S. The summed E-state index contributed by atoms with van der Waals surface area (Å²) >= 11 is 1.19. The summed E-state index contributed by atoms with van der Waals surface area (Å²) in [6, 6.07) is 1.70. The van der Waals surface area contributed by atoms with Gasteiger partial charge >= 0.3 is 5.97 Å². The monoisotopic (exact) mass is 214 g/mol. The summed E-state index contributed by atoms with van der Waals surface area (Å²) < 4.78 is 5.38. The Bertz CT molecular complexity index is 304. The molecule has 0 saturated carbocycles. The van der Waals surface area contributed by atoms with Gasteiger partial charge in [0.1, 0.15) is 5.75 Å². The molecule has 0 radical (unpaired) electrons. The average Bonchev–Trinajstić information content (AvgIpc) is 2.51. The van der Waals surface area contributed by atoms with Crippen molar-refractivity contribution in [3.05, 3.63) is 16.3 Å². The summed E-state index contributed by atoms with van der Waals surface area (Å²) in [4.78, 5) is 11.0. The Labute approximate surface area is 87.3 Å². The van der Waals surface area contributed by atoms with Crippen molar-refractivity contribution in [1.29, 1.82) is 0 Å². The normalized spacial score (nSPS) is 10.5. The summed E-state index contributed by atoms with van der Waals surface area (Å²) in [5.74, 6) is 0.143. The maximum absolute atomic E-state index is 10.7. The van der Waals surface area contributed by atoms with Crippen LogP contribution in [0.1, 0.15) is 29.9 Å². The highest BCUT2D eigenvalue weighted by atomic mass is 32.1. The molecular weight excluding hydrogens is 200 g/mol. The molecule has 14 heavy (non-hydrogen) atoms. The van der Waals surface area contributed by atoms with Crippen LogP contribution < -0.4 is 4.74 Å². The van der Waals surface area contributed by atoms with Gasteiger partial charge in [-0.15, -0.1) is 11.3 Å². The van der Waals surface area contributed by atoms with Crippen molar-refractivity contribution in [2.75, 3.05) is 6.61 Å². The summed E-state index contributed by atoms with van der Waals surface area (Å²) in [7, 11) is 0. The van der Waals surface area contributed by atoms with Gasteiger partial charge in [-0.3, -0.25) is 0 Å². The molecule has 0 aliphatic heterocycles. The van der Waals surface area contributed by atoms with E-state index in [4.69, 9.17) is 9.84 Å². The summed E-state index contributed by atoms with van der Waals surface area (Å²) in [6.45, 7) is 4.79. The largest absolute Gasteiger partial charge is 0.492 e. The molecule has 3 nitrogen and oxygen atoms in total. The van der Waals surface area contributed by atoms with Crippen LogP contribution in [0.15, 0.2) is 11.4 Å². The lowest BCUT2D eigenvalue weighted by molar-refractivity contribution is 0.0698. The number of carboxylic acids is 1. The van der Waals surface area contributed by atoms with Crippen LogP contribution in [-0.2, 0) is 0 Å². The van der Waals surface area contributed by atoms with Crippen molar-refractivity contribution in [2.45, 2.75) is 20.3 Å². The smallest absolute Gasteiger partial charge is 0.349 e. The summed E-state index contributed by atoms with van der Waals surface area (Å²) in [5.41, 5.74) is 0. The van der Waals surface area contributed by atoms with Crippen molar-refractivity contribution in [3.63, 3.8) is 0 Å². The molecule has 0 unspecified atom stereocenters. The van der Waals surface area contributed by atoms with Gasteiger partial charge < -0.3 is 9.84 Å². The van der Waals surface area contributed by atoms with Gasteiger partial charge in [0.15, 0.2) is 4.88 Å². The minimum atomic E-state index is -0.917. The van der Waals surface area contributed by atoms with Crippen molar-refractivity contribution < 1.29 is 14.6 Å². The predicted molar refractivity (Wildman–Crippen MR) is 56.2 cm³/mol. The molecule has 1 N–H and O–H groups in total. The predicted octanol–water partition coefficient (Wildman–Crippen LogP) is 2.87. The number of aromatic carboxylic acids is 1. The van der Waals surface area contributed by atoms with Crippen molar-refractivity contribution in [1.82, 2.24) is 0 Å². The molecule has 1 heterocycles. The molecule has 0 fully saturated rings. The zero-order valence-corrected chi connectivity index (χ0v) is 9.13. The van der Waals surface area contributed by atoms with Crippen LogP contribution in [0.3, 0.4) is 0 Å². The number of rotatable bonds is 5. The molecule has 4 heteroatoms. The van der Waals surface area contributed by atoms with E-state index in [0.717, 1.165) is 6.42 Å². The Hall–Kier alpha value is -1.03. The number of carbonyl (C=O) groups is 1. The lowest BCUT2D eigenvalue weighted by Gasteiger charge is -2.06. The molecule has 0 bridgehead atoms. The number of hydrogen-bond donors (Lipinski definition) is 1. The molecule has 0 saturated heterocycles. The lowest BCUT2D eigenvalue weighted by Crippen LogP contribution is -2.03.